The number of phenolic OH excluding ortho intramolecular Hbond substituents is 1. The molecule has 2 rings (SSSR count). The average Bonchev–Trinajstić information content (AvgIpc) is 2.46. The Morgan fingerprint density at radius 3 is 2.55 bits per heavy atom. The molecule has 20 heavy (non-hydrogen) atoms. The second-order valence-electron chi connectivity index (χ2n) is 4.15. The number of aromatic hydroxyl groups is 1. The molecule has 2 N–H and O–H groups in total. The van der Waals surface area contributed by atoms with Gasteiger partial charge in [0.2, 0.25) is 0 Å². The summed E-state index contributed by atoms with van der Waals surface area (Å²) in [5.41, 5.74) is 1.02. The molecule has 0 bridgehead atoms. The van der Waals surface area contributed by atoms with Crippen molar-refractivity contribution >= 4 is 11.7 Å². The third kappa shape index (κ3) is 3.98. The SMILES string of the molecule is O=C(CNc1ccc(O)cc1)OCc1ccccc1F. The predicted octanol–water partition coefficient (Wildman–Crippen LogP) is 2.69. The Bertz CT molecular complexity index is 584. The molecule has 4 nitrogen and oxygen atoms in total. The standard InChI is InChI=1S/C15H14FNO3/c16-14-4-2-1-3-11(14)10-20-15(19)9-17-12-5-7-13(18)8-6-12/h1-8,17-18H,9-10H2. The van der Waals surface area contributed by atoms with Crippen molar-refractivity contribution in [1.82, 2.24) is 0 Å². The number of carbonyl (C=O) groups excluding carboxylic acids is 1. The minimum absolute atomic E-state index is 0.0285. The van der Waals surface area contributed by atoms with Crippen molar-refractivity contribution in [2.24, 2.45) is 0 Å². The van der Waals surface area contributed by atoms with Crippen molar-refractivity contribution in [2.75, 3.05) is 11.9 Å². The third-order valence-electron chi connectivity index (χ3n) is 2.65. The summed E-state index contributed by atoms with van der Waals surface area (Å²) in [6.07, 6.45) is 0. The topological polar surface area (TPSA) is 58.6 Å². The minimum atomic E-state index is -0.485. The van der Waals surface area contributed by atoms with Crippen LogP contribution in [-0.2, 0) is 16.1 Å². The van der Waals surface area contributed by atoms with Crippen LogP contribution in [0.2, 0.25) is 0 Å². The van der Waals surface area contributed by atoms with Gasteiger partial charge in [-0.2, -0.15) is 0 Å². The van der Waals surface area contributed by atoms with Gasteiger partial charge in [-0.25, -0.2) is 4.39 Å². The predicted molar refractivity (Wildman–Crippen MR) is 72.8 cm³/mol. The van der Waals surface area contributed by atoms with Crippen LogP contribution in [0.4, 0.5) is 10.1 Å². The van der Waals surface area contributed by atoms with Gasteiger partial charge < -0.3 is 15.2 Å². The first-order chi connectivity index (χ1) is 9.65. The zero-order chi connectivity index (χ0) is 14.4. The zero-order valence-corrected chi connectivity index (χ0v) is 10.7. The highest BCUT2D eigenvalue weighted by Gasteiger charge is 2.06. The number of halogens is 1. The summed E-state index contributed by atoms with van der Waals surface area (Å²) in [6, 6.07) is 12.4. The van der Waals surface area contributed by atoms with E-state index in [0.717, 1.165) is 0 Å². The third-order valence-corrected chi connectivity index (χ3v) is 2.65. The lowest BCUT2D eigenvalue weighted by molar-refractivity contribution is -0.142. The van der Waals surface area contributed by atoms with Crippen LogP contribution in [0.25, 0.3) is 0 Å². The monoisotopic (exact) mass is 275 g/mol. The second kappa shape index (κ2) is 6.56. The van der Waals surface area contributed by atoms with Gasteiger partial charge >= 0.3 is 5.97 Å². The first-order valence-corrected chi connectivity index (χ1v) is 6.07. The van der Waals surface area contributed by atoms with Crippen molar-refractivity contribution < 1.29 is 19.0 Å². The molecule has 0 aliphatic carbocycles. The fourth-order valence-corrected chi connectivity index (χ4v) is 1.58. The highest BCUT2D eigenvalue weighted by molar-refractivity contribution is 5.75. The lowest BCUT2D eigenvalue weighted by atomic mass is 10.2. The molecular weight excluding hydrogens is 261 g/mol. The number of anilines is 1. The zero-order valence-electron chi connectivity index (χ0n) is 10.7. The molecule has 0 aliphatic heterocycles. The van der Waals surface area contributed by atoms with Gasteiger partial charge in [0, 0.05) is 11.3 Å². The highest BCUT2D eigenvalue weighted by atomic mass is 19.1. The lowest BCUT2D eigenvalue weighted by Gasteiger charge is -2.08. The Balaban J connectivity index is 1.78. The molecule has 0 unspecified atom stereocenters. The molecule has 0 saturated heterocycles. The molecule has 0 radical (unpaired) electrons. The maximum absolute atomic E-state index is 13.3. The van der Waals surface area contributed by atoms with Crippen molar-refractivity contribution in [3.8, 4) is 5.75 Å². The van der Waals surface area contributed by atoms with Crippen LogP contribution < -0.4 is 5.32 Å². The fourth-order valence-electron chi connectivity index (χ4n) is 1.58. The summed E-state index contributed by atoms with van der Waals surface area (Å²) in [6.45, 7) is -0.123. The number of esters is 1. The molecule has 0 saturated carbocycles. The van der Waals surface area contributed by atoms with Crippen LogP contribution >= 0.6 is 0 Å². The van der Waals surface area contributed by atoms with Crippen LogP contribution in [0.5, 0.6) is 5.75 Å². The smallest absolute Gasteiger partial charge is 0.325 e. The molecule has 0 amide bonds. The Labute approximate surface area is 115 Å². The number of ether oxygens (including phenoxy) is 1. The van der Waals surface area contributed by atoms with Gasteiger partial charge in [0.25, 0.3) is 0 Å². The fraction of sp³-hybridized carbons (Fsp3) is 0.133. The van der Waals surface area contributed by atoms with Crippen molar-refractivity contribution in [2.45, 2.75) is 6.61 Å². The molecule has 2 aromatic rings. The van der Waals surface area contributed by atoms with Gasteiger partial charge in [0.15, 0.2) is 0 Å². The second-order valence-corrected chi connectivity index (χ2v) is 4.15. The van der Waals surface area contributed by atoms with E-state index in [1.54, 1.807) is 30.3 Å². The Hall–Kier alpha value is -2.56. The molecule has 0 aromatic heterocycles. The van der Waals surface area contributed by atoms with E-state index in [-0.39, 0.29) is 18.9 Å². The lowest BCUT2D eigenvalue weighted by Crippen LogP contribution is -2.17. The number of hydrogen-bond acceptors (Lipinski definition) is 4. The van der Waals surface area contributed by atoms with E-state index in [2.05, 4.69) is 5.32 Å². The van der Waals surface area contributed by atoms with E-state index in [0.29, 0.717) is 11.3 Å². The van der Waals surface area contributed by atoms with E-state index in [1.807, 2.05) is 0 Å². The Morgan fingerprint density at radius 2 is 1.85 bits per heavy atom. The first kappa shape index (κ1) is 13.9. The van der Waals surface area contributed by atoms with E-state index < -0.39 is 11.8 Å². The van der Waals surface area contributed by atoms with Crippen LogP contribution in [-0.4, -0.2) is 17.6 Å². The summed E-state index contributed by atoms with van der Waals surface area (Å²) in [4.78, 5) is 11.5. The van der Waals surface area contributed by atoms with Crippen LogP contribution in [0.15, 0.2) is 48.5 Å². The maximum atomic E-state index is 13.3. The number of nitrogens with one attached hydrogen (secondary N) is 1. The van der Waals surface area contributed by atoms with E-state index >= 15 is 0 Å². The highest BCUT2D eigenvalue weighted by Crippen LogP contribution is 2.13. The van der Waals surface area contributed by atoms with E-state index in [9.17, 15) is 9.18 Å². The largest absolute Gasteiger partial charge is 0.508 e. The van der Waals surface area contributed by atoms with Crippen LogP contribution in [0.1, 0.15) is 5.56 Å². The van der Waals surface area contributed by atoms with Gasteiger partial charge in [0.1, 0.15) is 24.7 Å². The summed E-state index contributed by atoms with van der Waals surface area (Å²) in [7, 11) is 0. The Morgan fingerprint density at radius 1 is 1.15 bits per heavy atom. The number of rotatable bonds is 5. The van der Waals surface area contributed by atoms with Gasteiger partial charge in [-0.05, 0) is 30.3 Å². The average molecular weight is 275 g/mol. The van der Waals surface area contributed by atoms with Gasteiger partial charge in [0.05, 0.1) is 0 Å². The first-order valence-electron chi connectivity index (χ1n) is 6.07. The van der Waals surface area contributed by atoms with Gasteiger partial charge in [-0.3, -0.25) is 4.79 Å². The molecule has 104 valence electrons. The number of carbonyl (C=O) groups is 1. The normalized spacial score (nSPS) is 10.1. The number of hydrogen-bond donors (Lipinski definition) is 2. The molecule has 2 aromatic carbocycles. The molecule has 5 heteroatoms. The molecule has 0 spiro atoms. The molecule has 0 atom stereocenters. The number of phenols is 1. The van der Waals surface area contributed by atoms with Crippen molar-refractivity contribution in [1.29, 1.82) is 0 Å². The molecular formula is C15H14FNO3. The van der Waals surface area contributed by atoms with Crippen LogP contribution in [0, 0.1) is 5.82 Å². The minimum Gasteiger partial charge on any atom is -0.508 e. The summed E-state index contributed by atoms with van der Waals surface area (Å²) in [5, 5.41) is 12.0. The molecule has 0 heterocycles. The summed E-state index contributed by atoms with van der Waals surface area (Å²) in [5.74, 6) is -0.731. The maximum Gasteiger partial charge on any atom is 0.325 e. The van der Waals surface area contributed by atoms with Crippen LogP contribution in [0.3, 0.4) is 0 Å². The molecule has 0 fully saturated rings. The Kier molecular flexibility index (Phi) is 4.55. The number of benzene rings is 2. The van der Waals surface area contributed by atoms with Crippen molar-refractivity contribution in [3.63, 3.8) is 0 Å². The molecule has 0 aliphatic rings. The summed E-state index contributed by atoms with van der Waals surface area (Å²) >= 11 is 0. The van der Waals surface area contributed by atoms with Gasteiger partial charge in [-0.1, -0.05) is 18.2 Å². The van der Waals surface area contributed by atoms with E-state index in [1.165, 1.54) is 18.2 Å². The van der Waals surface area contributed by atoms with Gasteiger partial charge in [-0.15, -0.1) is 0 Å². The van der Waals surface area contributed by atoms with E-state index in [4.69, 9.17) is 9.84 Å². The van der Waals surface area contributed by atoms with Crippen molar-refractivity contribution in [3.05, 3.63) is 59.9 Å². The quantitative estimate of drug-likeness (QED) is 0.650. The summed E-state index contributed by atoms with van der Waals surface area (Å²) < 4.78 is 18.3.